The zero-order valence-corrected chi connectivity index (χ0v) is 22.4. The zero-order chi connectivity index (χ0) is 26.7. The fourth-order valence-electron chi connectivity index (χ4n) is 4.76. The third kappa shape index (κ3) is 6.08. The summed E-state index contributed by atoms with van der Waals surface area (Å²) in [6, 6.07) is 13.1. The van der Waals surface area contributed by atoms with Gasteiger partial charge < -0.3 is 20.6 Å². The highest BCUT2D eigenvalue weighted by Gasteiger charge is 2.50. The third-order valence-corrected chi connectivity index (χ3v) is 7.34. The van der Waals surface area contributed by atoms with Crippen LogP contribution in [0.1, 0.15) is 62.5 Å². The van der Waals surface area contributed by atoms with Crippen molar-refractivity contribution < 1.29 is 19.5 Å². The summed E-state index contributed by atoms with van der Waals surface area (Å²) < 4.78 is 0. The number of Topliss-reactive ketones (excluding diaryl/α,β-unsaturated/α-hetero) is 1. The molecule has 2 aromatic carbocycles. The summed E-state index contributed by atoms with van der Waals surface area (Å²) in [5.41, 5.74) is 0.415. The van der Waals surface area contributed by atoms with E-state index < -0.39 is 23.1 Å². The number of nitrogens with zero attached hydrogens (tertiary/aromatic N) is 1. The molecule has 3 N–H and O–H groups in total. The van der Waals surface area contributed by atoms with Gasteiger partial charge in [-0.2, -0.15) is 0 Å². The Balaban J connectivity index is 1.66. The number of urea groups is 1. The maximum atomic E-state index is 13.5. The normalized spacial score (nSPS) is 20.1. The number of hydrogen-bond acceptors (Lipinski definition) is 4. The molecule has 0 spiro atoms. The summed E-state index contributed by atoms with van der Waals surface area (Å²) in [4.78, 5) is 39.5. The number of aliphatic hydroxyl groups is 1. The van der Waals surface area contributed by atoms with E-state index in [0.29, 0.717) is 30.1 Å². The first-order chi connectivity index (χ1) is 16.8. The minimum atomic E-state index is -1.11. The van der Waals surface area contributed by atoms with Gasteiger partial charge in [-0.05, 0) is 48.6 Å². The van der Waals surface area contributed by atoms with Crippen molar-refractivity contribution in [3.05, 3.63) is 70.2 Å². The zero-order valence-electron chi connectivity index (χ0n) is 21.6. The predicted molar refractivity (Wildman–Crippen MR) is 141 cm³/mol. The predicted octanol–water partition coefficient (Wildman–Crippen LogP) is 4.51. The summed E-state index contributed by atoms with van der Waals surface area (Å²) in [6.07, 6.45) is 0.372. The van der Waals surface area contributed by atoms with E-state index in [1.165, 1.54) is 6.92 Å². The number of hydrogen-bond donors (Lipinski definition) is 3. The number of nitrogens with one attached hydrogen (secondary N) is 2. The summed E-state index contributed by atoms with van der Waals surface area (Å²) in [5.74, 6) is -0.353. The number of carbonyl (C=O) groups is 3. The molecule has 0 unspecified atom stereocenters. The minimum absolute atomic E-state index is 0.0424. The molecule has 1 aliphatic heterocycles. The van der Waals surface area contributed by atoms with E-state index in [9.17, 15) is 19.5 Å². The Labute approximate surface area is 218 Å². The monoisotopic (exact) mass is 513 g/mol. The average molecular weight is 514 g/mol. The van der Waals surface area contributed by atoms with Crippen LogP contribution in [-0.4, -0.2) is 46.9 Å². The minimum Gasteiger partial charge on any atom is -0.384 e. The molecule has 7 nitrogen and oxygen atoms in total. The number of halogens is 1. The number of carbonyl (C=O) groups excluding carboxylic acids is 3. The van der Waals surface area contributed by atoms with Crippen LogP contribution in [0.25, 0.3) is 0 Å². The van der Waals surface area contributed by atoms with E-state index >= 15 is 0 Å². The fourth-order valence-corrected chi connectivity index (χ4v) is 4.88. The SMILES string of the molecule is CC(=O)c1cccc(CNC(=O)N[C@@H](C(=O)N2CC[C@](O)(c3ccc(Cl)cc3)C(C)(C)C2)C(C)C)c1. The van der Waals surface area contributed by atoms with Crippen LogP contribution in [0.3, 0.4) is 0 Å². The Kier molecular flexibility index (Phi) is 8.47. The van der Waals surface area contributed by atoms with Gasteiger partial charge in [0.05, 0.1) is 5.60 Å². The molecule has 1 fully saturated rings. The number of likely N-dealkylation sites (tertiary alicyclic amines) is 1. The Morgan fingerprint density at radius 3 is 2.36 bits per heavy atom. The topological polar surface area (TPSA) is 98.7 Å². The quantitative estimate of drug-likeness (QED) is 0.474. The van der Waals surface area contributed by atoms with Gasteiger partial charge in [0.25, 0.3) is 0 Å². The molecule has 0 aromatic heterocycles. The van der Waals surface area contributed by atoms with E-state index in [0.717, 1.165) is 11.1 Å². The lowest BCUT2D eigenvalue weighted by Gasteiger charge is -2.51. The molecule has 0 saturated carbocycles. The van der Waals surface area contributed by atoms with Crippen molar-refractivity contribution >= 4 is 29.3 Å². The number of rotatable bonds is 7. The van der Waals surface area contributed by atoms with Crippen LogP contribution >= 0.6 is 11.6 Å². The number of benzene rings is 2. The van der Waals surface area contributed by atoms with Gasteiger partial charge in [0.2, 0.25) is 5.91 Å². The molecule has 2 atom stereocenters. The Morgan fingerprint density at radius 1 is 1.11 bits per heavy atom. The van der Waals surface area contributed by atoms with Gasteiger partial charge >= 0.3 is 6.03 Å². The molecule has 1 saturated heterocycles. The van der Waals surface area contributed by atoms with Crippen LogP contribution in [0.4, 0.5) is 4.79 Å². The smallest absolute Gasteiger partial charge is 0.315 e. The van der Waals surface area contributed by atoms with Gasteiger partial charge in [0.1, 0.15) is 6.04 Å². The lowest BCUT2D eigenvalue weighted by Crippen LogP contribution is -2.61. The largest absolute Gasteiger partial charge is 0.384 e. The van der Waals surface area contributed by atoms with E-state index in [2.05, 4.69) is 10.6 Å². The summed E-state index contributed by atoms with van der Waals surface area (Å²) in [7, 11) is 0. The second-order valence-electron chi connectivity index (χ2n) is 10.6. The Bertz CT molecular complexity index is 1120. The number of ketones is 1. The lowest BCUT2D eigenvalue weighted by atomic mass is 9.66. The van der Waals surface area contributed by atoms with E-state index in [1.54, 1.807) is 35.2 Å². The molecular weight excluding hydrogens is 478 g/mol. The third-order valence-electron chi connectivity index (χ3n) is 7.09. The molecule has 0 aliphatic carbocycles. The number of amides is 3. The molecule has 194 valence electrons. The first kappa shape index (κ1) is 27.7. The van der Waals surface area contributed by atoms with Crippen LogP contribution in [0, 0.1) is 11.3 Å². The van der Waals surface area contributed by atoms with Crippen molar-refractivity contribution in [2.24, 2.45) is 11.3 Å². The maximum Gasteiger partial charge on any atom is 0.315 e. The highest BCUT2D eigenvalue weighted by atomic mass is 35.5. The first-order valence-electron chi connectivity index (χ1n) is 12.3. The van der Waals surface area contributed by atoms with Crippen LogP contribution < -0.4 is 10.6 Å². The van der Waals surface area contributed by atoms with Crippen LogP contribution in [0.5, 0.6) is 0 Å². The van der Waals surface area contributed by atoms with Gasteiger partial charge in [-0.3, -0.25) is 9.59 Å². The van der Waals surface area contributed by atoms with Gasteiger partial charge in [0.15, 0.2) is 5.78 Å². The second-order valence-corrected chi connectivity index (χ2v) is 11.0. The average Bonchev–Trinajstić information content (AvgIpc) is 2.82. The molecular formula is C28H36ClN3O4. The highest BCUT2D eigenvalue weighted by Crippen LogP contribution is 2.46. The van der Waals surface area contributed by atoms with Crippen molar-refractivity contribution in [2.45, 2.75) is 59.2 Å². The van der Waals surface area contributed by atoms with Crippen molar-refractivity contribution in [3.8, 4) is 0 Å². The summed E-state index contributed by atoms with van der Waals surface area (Å²) >= 11 is 6.03. The van der Waals surface area contributed by atoms with Crippen LogP contribution in [0.2, 0.25) is 5.02 Å². The lowest BCUT2D eigenvalue weighted by molar-refractivity contribution is -0.155. The highest BCUT2D eigenvalue weighted by molar-refractivity contribution is 6.30. The summed E-state index contributed by atoms with van der Waals surface area (Å²) in [6.45, 7) is 10.1. The number of piperidine rings is 1. The molecule has 3 rings (SSSR count). The van der Waals surface area contributed by atoms with Crippen LogP contribution in [0.15, 0.2) is 48.5 Å². The van der Waals surface area contributed by atoms with Gasteiger partial charge in [-0.15, -0.1) is 0 Å². The van der Waals surface area contributed by atoms with Crippen LogP contribution in [-0.2, 0) is 16.9 Å². The molecule has 36 heavy (non-hydrogen) atoms. The van der Waals surface area contributed by atoms with E-state index in [-0.39, 0.29) is 24.2 Å². The van der Waals surface area contributed by atoms with Gasteiger partial charge in [0, 0.05) is 35.6 Å². The van der Waals surface area contributed by atoms with Crippen molar-refractivity contribution in [1.82, 2.24) is 15.5 Å². The van der Waals surface area contributed by atoms with Gasteiger partial charge in [-0.1, -0.05) is 69.6 Å². The molecule has 0 bridgehead atoms. The summed E-state index contributed by atoms with van der Waals surface area (Å²) in [5, 5.41) is 17.8. The van der Waals surface area contributed by atoms with E-state index in [4.69, 9.17) is 11.6 Å². The fraction of sp³-hybridized carbons (Fsp3) is 0.464. The molecule has 0 radical (unpaired) electrons. The van der Waals surface area contributed by atoms with Crippen molar-refractivity contribution in [3.63, 3.8) is 0 Å². The van der Waals surface area contributed by atoms with Gasteiger partial charge in [-0.25, -0.2) is 4.79 Å². The van der Waals surface area contributed by atoms with Crippen molar-refractivity contribution in [1.29, 1.82) is 0 Å². The molecule has 3 amide bonds. The molecule has 1 aliphatic rings. The Morgan fingerprint density at radius 2 is 1.78 bits per heavy atom. The van der Waals surface area contributed by atoms with E-state index in [1.807, 2.05) is 45.9 Å². The second kappa shape index (κ2) is 11.0. The first-order valence-corrected chi connectivity index (χ1v) is 12.6. The molecule has 8 heteroatoms. The molecule has 1 heterocycles. The van der Waals surface area contributed by atoms with Crippen molar-refractivity contribution in [2.75, 3.05) is 13.1 Å². The Hall–Kier alpha value is -2.90. The molecule has 2 aromatic rings. The standard InChI is InChI=1S/C28H36ClN3O4/c1-18(2)24(31-26(35)30-16-20-7-6-8-21(15-20)19(3)33)25(34)32-14-13-28(36,27(4,5)17-32)22-9-11-23(29)12-10-22/h6-12,15,18,24,36H,13-14,16-17H2,1-5H3,(H2,30,31,35)/t24-,28+/m1/s1. The maximum absolute atomic E-state index is 13.5.